The third kappa shape index (κ3) is 5.22. The first-order chi connectivity index (χ1) is 29.3. The molecule has 0 saturated carbocycles. The first-order valence-electron chi connectivity index (χ1n) is 20.2. The van der Waals surface area contributed by atoms with Gasteiger partial charge in [-0.1, -0.05) is 164 Å². The van der Waals surface area contributed by atoms with Crippen LogP contribution in [-0.4, -0.2) is 4.57 Å². The van der Waals surface area contributed by atoms with E-state index in [2.05, 4.69) is 222 Å². The van der Waals surface area contributed by atoms with E-state index < -0.39 is 0 Å². The van der Waals surface area contributed by atoms with Crippen LogP contribution in [0.15, 0.2) is 223 Å². The van der Waals surface area contributed by atoms with Gasteiger partial charge in [-0.05, 0) is 92.8 Å². The van der Waals surface area contributed by atoms with E-state index in [0.29, 0.717) is 0 Å². The van der Waals surface area contributed by atoms with Crippen LogP contribution in [0.25, 0.3) is 93.2 Å². The lowest BCUT2D eigenvalue weighted by atomic mass is 9.90. The van der Waals surface area contributed by atoms with Crippen LogP contribution in [0.3, 0.4) is 0 Å². The van der Waals surface area contributed by atoms with Crippen LogP contribution in [0.2, 0.25) is 0 Å². The van der Waals surface area contributed by atoms with Crippen molar-refractivity contribution in [2.24, 2.45) is 0 Å². The number of hydrogen-bond acceptors (Lipinski definition) is 2. The molecule has 12 aromatic rings. The van der Waals surface area contributed by atoms with E-state index in [1.807, 2.05) is 6.07 Å². The Labute approximate surface area is 341 Å². The molecule has 0 radical (unpaired) electrons. The van der Waals surface area contributed by atoms with Gasteiger partial charge in [0.1, 0.15) is 11.2 Å². The largest absolute Gasteiger partial charge is 0.456 e. The van der Waals surface area contributed by atoms with Crippen molar-refractivity contribution < 1.29 is 4.42 Å². The number of fused-ring (bicyclic) bond motifs is 9. The van der Waals surface area contributed by atoms with E-state index in [0.717, 1.165) is 55.8 Å². The summed E-state index contributed by atoms with van der Waals surface area (Å²) in [7, 11) is 0. The molecule has 0 unspecified atom stereocenters. The summed E-state index contributed by atoms with van der Waals surface area (Å²) in [6.45, 7) is 0. The van der Waals surface area contributed by atoms with Gasteiger partial charge >= 0.3 is 0 Å². The van der Waals surface area contributed by atoms with Gasteiger partial charge in [0, 0.05) is 38.5 Å². The Morgan fingerprint density at radius 2 is 1.00 bits per heavy atom. The number of hydrogen-bond donors (Lipinski definition) is 0. The average Bonchev–Trinajstić information content (AvgIpc) is 3.86. The van der Waals surface area contributed by atoms with Gasteiger partial charge in [0.25, 0.3) is 0 Å². The van der Waals surface area contributed by atoms with E-state index in [-0.39, 0.29) is 0 Å². The smallest absolute Gasteiger partial charge is 0.135 e. The Balaban J connectivity index is 1.22. The fourth-order valence-electron chi connectivity index (χ4n) is 9.42. The molecule has 12 rings (SSSR count). The maximum atomic E-state index is 6.40. The molecule has 276 valence electrons. The minimum absolute atomic E-state index is 0.868. The number of para-hydroxylation sites is 4. The highest BCUT2D eigenvalue weighted by Crippen LogP contribution is 2.49. The first-order valence-corrected chi connectivity index (χ1v) is 20.2. The molecule has 59 heavy (non-hydrogen) atoms. The number of furan rings is 1. The van der Waals surface area contributed by atoms with Crippen LogP contribution in [0.5, 0.6) is 0 Å². The molecule has 0 atom stereocenters. The topological polar surface area (TPSA) is 21.3 Å². The Hall–Kier alpha value is -7.88. The van der Waals surface area contributed by atoms with Crippen LogP contribution in [0.1, 0.15) is 0 Å². The zero-order valence-electron chi connectivity index (χ0n) is 32.1. The highest BCUT2D eigenvalue weighted by molar-refractivity contribution is 6.24. The second kappa shape index (κ2) is 13.4. The second-order valence-corrected chi connectivity index (χ2v) is 15.2. The first kappa shape index (κ1) is 33.3. The summed E-state index contributed by atoms with van der Waals surface area (Å²) in [5.41, 5.74) is 13.1. The SMILES string of the molecule is c1ccc(-c2cccc3cccc(-c4ccccc4N(c4ccc5oc6ccccc6c5c4)c4cccc5c6c7ccccc7ccc6n(-c6ccccc6)c45)c23)cc1. The maximum Gasteiger partial charge on any atom is 0.135 e. The van der Waals surface area contributed by atoms with Crippen molar-refractivity contribution in [3.8, 4) is 27.9 Å². The molecule has 0 bridgehead atoms. The lowest BCUT2D eigenvalue weighted by Gasteiger charge is -2.29. The van der Waals surface area contributed by atoms with Crippen molar-refractivity contribution >= 4 is 82.4 Å². The average molecular weight is 753 g/mol. The van der Waals surface area contributed by atoms with Gasteiger partial charge in [-0.15, -0.1) is 0 Å². The van der Waals surface area contributed by atoms with Gasteiger partial charge in [0.05, 0.1) is 22.4 Å². The van der Waals surface area contributed by atoms with Crippen molar-refractivity contribution in [2.45, 2.75) is 0 Å². The summed E-state index contributed by atoms with van der Waals surface area (Å²) >= 11 is 0. The number of benzene rings is 10. The predicted octanol–water partition coefficient (Wildman–Crippen LogP) is 15.8. The summed E-state index contributed by atoms with van der Waals surface area (Å²) in [5, 5.41) is 9.53. The molecule has 3 heteroatoms. The van der Waals surface area contributed by atoms with Gasteiger partial charge < -0.3 is 13.9 Å². The predicted molar refractivity (Wildman–Crippen MR) is 249 cm³/mol. The third-order valence-corrected chi connectivity index (χ3v) is 12.0. The minimum atomic E-state index is 0.868. The molecule has 2 aromatic heterocycles. The monoisotopic (exact) mass is 752 g/mol. The van der Waals surface area contributed by atoms with E-state index in [4.69, 9.17) is 4.42 Å². The Kier molecular flexibility index (Phi) is 7.54. The van der Waals surface area contributed by atoms with E-state index in [1.165, 1.54) is 54.5 Å². The zero-order chi connectivity index (χ0) is 38.9. The number of aromatic nitrogens is 1. The summed E-state index contributed by atoms with van der Waals surface area (Å²) in [6.07, 6.45) is 0. The molecule has 3 nitrogen and oxygen atoms in total. The molecule has 0 spiro atoms. The van der Waals surface area contributed by atoms with Crippen molar-refractivity contribution in [1.82, 2.24) is 4.57 Å². The lowest BCUT2D eigenvalue weighted by molar-refractivity contribution is 0.669. The fraction of sp³-hybridized carbons (Fsp3) is 0. The highest BCUT2D eigenvalue weighted by atomic mass is 16.3. The molecule has 0 fully saturated rings. The number of anilines is 3. The van der Waals surface area contributed by atoms with Gasteiger partial charge in [0.15, 0.2) is 0 Å². The highest BCUT2D eigenvalue weighted by Gasteiger charge is 2.25. The molecule has 0 N–H and O–H groups in total. The number of nitrogens with zero attached hydrogens (tertiary/aromatic N) is 2. The second-order valence-electron chi connectivity index (χ2n) is 15.2. The van der Waals surface area contributed by atoms with E-state index in [9.17, 15) is 0 Å². The molecule has 2 heterocycles. The molecular weight excluding hydrogens is 717 g/mol. The van der Waals surface area contributed by atoms with Gasteiger partial charge in [-0.3, -0.25) is 0 Å². The Morgan fingerprint density at radius 1 is 0.373 bits per heavy atom. The molecule has 10 aromatic carbocycles. The summed E-state index contributed by atoms with van der Waals surface area (Å²) in [6, 6.07) is 78.9. The summed E-state index contributed by atoms with van der Waals surface area (Å²) in [5.74, 6) is 0. The molecule has 0 aliphatic heterocycles. The standard InChI is InChI=1S/C56H36N2O/c1-3-16-37(17-4-1)42-26-13-19-39-20-14-27-46(54(39)42)44-24-9-11-29-49(44)57(41-33-35-53-48(36-41)45-25-10-12-31-52(45)59-53)51-30-15-28-47-55-43-23-8-7-18-38(43)32-34-50(55)58(56(47)51)40-21-5-2-6-22-40/h1-36H. The molecule has 0 aliphatic carbocycles. The third-order valence-electron chi connectivity index (χ3n) is 12.0. The normalized spacial score (nSPS) is 11.7. The fourth-order valence-corrected chi connectivity index (χ4v) is 9.42. The van der Waals surface area contributed by atoms with Crippen molar-refractivity contribution in [3.05, 3.63) is 218 Å². The van der Waals surface area contributed by atoms with Crippen molar-refractivity contribution in [1.29, 1.82) is 0 Å². The molecule has 0 saturated heterocycles. The molecular formula is C56H36N2O. The quantitative estimate of drug-likeness (QED) is 0.169. The summed E-state index contributed by atoms with van der Waals surface area (Å²) in [4.78, 5) is 2.48. The van der Waals surface area contributed by atoms with E-state index in [1.54, 1.807) is 0 Å². The van der Waals surface area contributed by atoms with Gasteiger partial charge in [-0.2, -0.15) is 0 Å². The maximum absolute atomic E-state index is 6.40. The van der Waals surface area contributed by atoms with Gasteiger partial charge in [-0.25, -0.2) is 0 Å². The Bertz CT molecular complexity index is 3560. The number of rotatable bonds is 6. The lowest BCUT2D eigenvalue weighted by Crippen LogP contribution is -2.13. The van der Waals surface area contributed by atoms with Crippen LogP contribution < -0.4 is 4.90 Å². The molecule has 0 aliphatic rings. The molecule has 0 amide bonds. The minimum Gasteiger partial charge on any atom is -0.456 e. The van der Waals surface area contributed by atoms with Crippen LogP contribution in [-0.2, 0) is 0 Å². The van der Waals surface area contributed by atoms with Crippen molar-refractivity contribution in [3.63, 3.8) is 0 Å². The zero-order valence-corrected chi connectivity index (χ0v) is 32.1. The van der Waals surface area contributed by atoms with Gasteiger partial charge in [0.2, 0.25) is 0 Å². The van der Waals surface area contributed by atoms with Crippen molar-refractivity contribution in [2.75, 3.05) is 4.90 Å². The Morgan fingerprint density at radius 3 is 1.86 bits per heavy atom. The van der Waals surface area contributed by atoms with Crippen LogP contribution in [0.4, 0.5) is 17.1 Å². The summed E-state index contributed by atoms with van der Waals surface area (Å²) < 4.78 is 8.86. The van der Waals surface area contributed by atoms with E-state index >= 15 is 0 Å². The van der Waals surface area contributed by atoms with Crippen LogP contribution in [0, 0.1) is 0 Å². The van der Waals surface area contributed by atoms with Crippen LogP contribution >= 0.6 is 0 Å².